The van der Waals surface area contributed by atoms with Crippen molar-refractivity contribution >= 4 is 12.4 Å². The standard InChI is InChI=1S/C17H23NO4/c1-14-7-9-17(10-8-14,16(20)21)12-18(13-19)22-11-15-5-3-2-4-6-15/h2-6,13-14H,7-12H2,1H3,(H,20,21)/t14-,17+. The number of benzene rings is 1. The number of carboxylic acids is 1. The van der Waals surface area contributed by atoms with Crippen LogP contribution in [0.2, 0.25) is 0 Å². The Morgan fingerprint density at radius 1 is 1.36 bits per heavy atom. The molecule has 1 saturated carbocycles. The molecule has 1 fully saturated rings. The third-order valence-electron chi connectivity index (χ3n) is 4.50. The molecule has 0 saturated heterocycles. The minimum absolute atomic E-state index is 0.103. The fourth-order valence-corrected chi connectivity index (χ4v) is 2.90. The average Bonchev–Trinajstić information content (AvgIpc) is 2.54. The van der Waals surface area contributed by atoms with E-state index in [1.807, 2.05) is 30.3 Å². The Morgan fingerprint density at radius 2 is 2.00 bits per heavy atom. The number of hydrogen-bond acceptors (Lipinski definition) is 3. The molecule has 5 heteroatoms. The van der Waals surface area contributed by atoms with Crippen LogP contribution in [-0.2, 0) is 21.0 Å². The minimum atomic E-state index is -0.885. The molecule has 0 radical (unpaired) electrons. The number of hydroxylamine groups is 2. The van der Waals surface area contributed by atoms with Gasteiger partial charge in [0.2, 0.25) is 6.41 Å². The first-order chi connectivity index (χ1) is 10.6. The van der Waals surface area contributed by atoms with Crippen LogP contribution < -0.4 is 0 Å². The van der Waals surface area contributed by atoms with E-state index in [0.29, 0.717) is 25.2 Å². The summed E-state index contributed by atoms with van der Waals surface area (Å²) in [6.45, 7) is 2.49. The van der Waals surface area contributed by atoms with Gasteiger partial charge in [-0.25, -0.2) is 5.06 Å². The molecule has 22 heavy (non-hydrogen) atoms. The summed E-state index contributed by atoms with van der Waals surface area (Å²) >= 11 is 0. The molecule has 0 heterocycles. The molecule has 2 rings (SSSR count). The highest BCUT2D eigenvalue weighted by Crippen LogP contribution is 2.39. The number of aliphatic carboxylic acids is 1. The van der Waals surface area contributed by atoms with E-state index in [-0.39, 0.29) is 13.2 Å². The lowest BCUT2D eigenvalue weighted by Gasteiger charge is -2.37. The quantitative estimate of drug-likeness (QED) is 0.621. The highest BCUT2D eigenvalue weighted by Gasteiger charge is 2.42. The van der Waals surface area contributed by atoms with Crippen molar-refractivity contribution in [3.05, 3.63) is 35.9 Å². The molecule has 1 aromatic rings. The SMILES string of the molecule is C[C@H]1CC[C@@](CN(C=O)OCc2ccccc2)(C(=O)O)CC1. The second-order valence-electron chi connectivity index (χ2n) is 6.21. The zero-order valence-corrected chi connectivity index (χ0v) is 12.9. The fraction of sp³-hybridized carbons (Fsp3) is 0.529. The van der Waals surface area contributed by atoms with Crippen molar-refractivity contribution in [1.29, 1.82) is 0 Å². The van der Waals surface area contributed by atoms with E-state index in [2.05, 4.69) is 6.92 Å². The molecule has 0 aromatic heterocycles. The zero-order chi connectivity index (χ0) is 16.0. The van der Waals surface area contributed by atoms with Crippen molar-refractivity contribution in [2.24, 2.45) is 11.3 Å². The van der Waals surface area contributed by atoms with Crippen LogP contribution in [-0.4, -0.2) is 29.1 Å². The highest BCUT2D eigenvalue weighted by atomic mass is 16.7. The van der Waals surface area contributed by atoms with Crippen LogP contribution in [0.15, 0.2) is 30.3 Å². The first-order valence-electron chi connectivity index (χ1n) is 7.68. The Hall–Kier alpha value is -1.88. The Labute approximate surface area is 130 Å². The number of carbonyl (C=O) groups excluding carboxylic acids is 1. The van der Waals surface area contributed by atoms with Gasteiger partial charge in [0.25, 0.3) is 0 Å². The van der Waals surface area contributed by atoms with Gasteiger partial charge in [0.05, 0.1) is 12.0 Å². The Balaban J connectivity index is 1.97. The molecule has 0 bridgehead atoms. The predicted octanol–water partition coefficient (Wildman–Crippen LogP) is 2.86. The van der Waals surface area contributed by atoms with E-state index in [4.69, 9.17) is 4.84 Å². The Bertz CT molecular complexity index is 495. The largest absolute Gasteiger partial charge is 0.481 e. The maximum Gasteiger partial charge on any atom is 0.311 e. The summed E-state index contributed by atoms with van der Waals surface area (Å²) in [5, 5.41) is 10.7. The van der Waals surface area contributed by atoms with E-state index in [1.54, 1.807) is 0 Å². The summed E-state index contributed by atoms with van der Waals surface area (Å²) in [5.41, 5.74) is 0.0559. The molecule has 5 nitrogen and oxygen atoms in total. The summed E-state index contributed by atoms with van der Waals surface area (Å²) < 4.78 is 0. The molecule has 120 valence electrons. The van der Waals surface area contributed by atoms with E-state index < -0.39 is 11.4 Å². The maximum atomic E-state index is 11.7. The van der Waals surface area contributed by atoms with Crippen LogP contribution in [0.3, 0.4) is 0 Å². The monoisotopic (exact) mass is 305 g/mol. The number of carboxylic acid groups (broad SMARTS) is 1. The molecular formula is C17H23NO4. The fourth-order valence-electron chi connectivity index (χ4n) is 2.90. The Morgan fingerprint density at radius 3 is 2.55 bits per heavy atom. The van der Waals surface area contributed by atoms with E-state index in [1.165, 1.54) is 0 Å². The number of carbonyl (C=O) groups is 2. The van der Waals surface area contributed by atoms with Crippen LogP contribution in [0.1, 0.15) is 38.2 Å². The van der Waals surface area contributed by atoms with Gasteiger partial charge >= 0.3 is 5.97 Å². The molecule has 0 unspecified atom stereocenters. The van der Waals surface area contributed by atoms with Gasteiger partial charge in [0.1, 0.15) is 6.61 Å². The van der Waals surface area contributed by atoms with Gasteiger partial charge in [-0.3, -0.25) is 14.4 Å². The first-order valence-corrected chi connectivity index (χ1v) is 7.68. The van der Waals surface area contributed by atoms with Gasteiger partial charge in [-0.05, 0) is 37.2 Å². The first kappa shape index (κ1) is 16.5. The molecule has 1 aromatic carbocycles. The number of nitrogens with zero attached hydrogens (tertiary/aromatic N) is 1. The third kappa shape index (κ3) is 4.07. The molecule has 0 spiro atoms. The smallest absolute Gasteiger partial charge is 0.311 e. The van der Waals surface area contributed by atoms with Crippen LogP contribution in [0.5, 0.6) is 0 Å². The number of rotatable bonds is 7. The maximum absolute atomic E-state index is 11.7. The molecule has 1 amide bonds. The summed E-state index contributed by atoms with van der Waals surface area (Å²) in [6.07, 6.45) is 3.49. The van der Waals surface area contributed by atoms with E-state index in [9.17, 15) is 14.7 Å². The normalized spacial score (nSPS) is 24.7. The van der Waals surface area contributed by atoms with Crippen molar-refractivity contribution in [3.8, 4) is 0 Å². The van der Waals surface area contributed by atoms with Gasteiger partial charge in [-0.15, -0.1) is 0 Å². The topological polar surface area (TPSA) is 66.8 Å². The number of hydrogen-bond donors (Lipinski definition) is 1. The van der Waals surface area contributed by atoms with Crippen molar-refractivity contribution < 1.29 is 19.5 Å². The van der Waals surface area contributed by atoms with Gasteiger partial charge < -0.3 is 5.11 Å². The number of amides is 1. The molecule has 1 aliphatic carbocycles. The van der Waals surface area contributed by atoms with Crippen LogP contribution >= 0.6 is 0 Å². The van der Waals surface area contributed by atoms with Gasteiger partial charge in [0.15, 0.2) is 0 Å². The lowest BCUT2D eigenvalue weighted by atomic mass is 9.71. The van der Waals surface area contributed by atoms with Gasteiger partial charge in [-0.1, -0.05) is 37.3 Å². The second-order valence-corrected chi connectivity index (χ2v) is 6.21. The predicted molar refractivity (Wildman–Crippen MR) is 81.7 cm³/mol. The van der Waals surface area contributed by atoms with Crippen molar-refractivity contribution in [1.82, 2.24) is 5.06 Å². The second kappa shape index (κ2) is 7.40. The third-order valence-corrected chi connectivity index (χ3v) is 4.50. The van der Waals surface area contributed by atoms with Crippen LogP contribution in [0.4, 0.5) is 0 Å². The molecule has 0 atom stereocenters. The molecule has 0 aliphatic heterocycles. The molecule has 1 aliphatic rings. The minimum Gasteiger partial charge on any atom is -0.481 e. The lowest BCUT2D eigenvalue weighted by molar-refractivity contribution is -0.194. The zero-order valence-electron chi connectivity index (χ0n) is 12.9. The summed E-state index contributed by atoms with van der Waals surface area (Å²) in [4.78, 5) is 28.4. The summed E-state index contributed by atoms with van der Waals surface area (Å²) in [5.74, 6) is -0.294. The van der Waals surface area contributed by atoms with Crippen molar-refractivity contribution in [2.45, 2.75) is 39.2 Å². The molecule has 1 N–H and O–H groups in total. The summed E-state index contributed by atoms with van der Waals surface area (Å²) in [7, 11) is 0. The van der Waals surface area contributed by atoms with Gasteiger partial charge in [0, 0.05) is 0 Å². The van der Waals surface area contributed by atoms with Crippen molar-refractivity contribution in [2.75, 3.05) is 6.54 Å². The van der Waals surface area contributed by atoms with Crippen LogP contribution in [0.25, 0.3) is 0 Å². The van der Waals surface area contributed by atoms with E-state index in [0.717, 1.165) is 23.5 Å². The summed E-state index contributed by atoms with van der Waals surface area (Å²) in [6, 6.07) is 9.50. The van der Waals surface area contributed by atoms with Gasteiger partial charge in [-0.2, -0.15) is 0 Å². The molecular weight excluding hydrogens is 282 g/mol. The lowest BCUT2D eigenvalue weighted by Crippen LogP contribution is -2.45. The van der Waals surface area contributed by atoms with E-state index >= 15 is 0 Å². The van der Waals surface area contributed by atoms with Crippen LogP contribution in [0, 0.1) is 11.3 Å². The highest BCUT2D eigenvalue weighted by molar-refractivity contribution is 5.75. The average molecular weight is 305 g/mol. The Kier molecular flexibility index (Phi) is 5.55. The van der Waals surface area contributed by atoms with Crippen molar-refractivity contribution in [3.63, 3.8) is 0 Å².